The van der Waals surface area contributed by atoms with Gasteiger partial charge in [0.2, 0.25) is 0 Å². The summed E-state index contributed by atoms with van der Waals surface area (Å²) in [5.41, 5.74) is 4.05. The summed E-state index contributed by atoms with van der Waals surface area (Å²) in [5, 5.41) is 17.2. The number of hydrogen-bond acceptors (Lipinski definition) is 3. The Labute approximate surface area is 153 Å². The molecular formula is C20H14ClN3O2. The zero-order chi connectivity index (χ0) is 18.1. The average Bonchev–Trinajstić information content (AvgIpc) is 2.97. The van der Waals surface area contributed by atoms with Gasteiger partial charge in [0.15, 0.2) is 0 Å². The first-order valence-electron chi connectivity index (χ1n) is 7.95. The van der Waals surface area contributed by atoms with Gasteiger partial charge in [-0.05, 0) is 29.0 Å². The van der Waals surface area contributed by atoms with E-state index in [9.17, 15) is 9.90 Å². The Bertz CT molecular complexity index is 1160. The highest BCUT2D eigenvalue weighted by Crippen LogP contribution is 2.26. The van der Waals surface area contributed by atoms with Gasteiger partial charge in [-0.3, -0.25) is 4.79 Å². The quantitative estimate of drug-likeness (QED) is 0.371. The third-order valence-electron chi connectivity index (χ3n) is 4.14. The molecule has 128 valence electrons. The number of hydrazone groups is 1. The molecule has 0 saturated carbocycles. The molecule has 5 nitrogen and oxygen atoms in total. The molecule has 0 bridgehead atoms. The van der Waals surface area contributed by atoms with Gasteiger partial charge < -0.3 is 10.1 Å². The Morgan fingerprint density at radius 3 is 2.54 bits per heavy atom. The van der Waals surface area contributed by atoms with Crippen LogP contribution in [0, 0.1) is 0 Å². The van der Waals surface area contributed by atoms with Crippen molar-refractivity contribution in [1.82, 2.24) is 10.4 Å². The number of rotatable bonds is 3. The van der Waals surface area contributed by atoms with Crippen LogP contribution in [0.25, 0.3) is 21.7 Å². The number of aromatic amines is 1. The number of H-pyrrole nitrogens is 1. The van der Waals surface area contributed by atoms with E-state index in [0.717, 1.165) is 21.7 Å². The van der Waals surface area contributed by atoms with Crippen molar-refractivity contribution in [3.8, 4) is 5.75 Å². The number of hydrogen-bond donors (Lipinski definition) is 3. The van der Waals surface area contributed by atoms with Gasteiger partial charge in [0.1, 0.15) is 5.75 Å². The van der Waals surface area contributed by atoms with E-state index in [1.54, 1.807) is 12.1 Å². The van der Waals surface area contributed by atoms with Gasteiger partial charge in [0, 0.05) is 10.9 Å². The Hall–Kier alpha value is -3.31. The van der Waals surface area contributed by atoms with Gasteiger partial charge in [-0.25, -0.2) is 5.43 Å². The number of carbonyl (C=O) groups excluding carboxylic acids is 1. The fourth-order valence-corrected chi connectivity index (χ4v) is 3.10. The lowest BCUT2D eigenvalue weighted by atomic mass is 10.1. The summed E-state index contributed by atoms with van der Waals surface area (Å²) in [4.78, 5) is 15.5. The molecule has 3 aromatic carbocycles. The maximum atomic E-state index is 12.3. The van der Waals surface area contributed by atoms with E-state index in [0.29, 0.717) is 10.7 Å². The number of nitrogens with one attached hydrogen (secondary N) is 2. The number of benzene rings is 3. The van der Waals surface area contributed by atoms with Crippen molar-refractivity contribution in [1.29, 1.82) is 0 Å². The van der Waals surface area contributed by atoms with Crippen LogP contribution in [0.2, 0.25) is 5.02 Å². The predicted octanol–water partition coefficient (Wildman–Crippen LogP) is 4.44. The van der Waals surface area contributed by atoms with Gasteiger partial charge >= 0.3 is 0 Å². The molecule has 1 heterocycles. The number of phenolic OH excluding ortho intramolecular Hbond substituents is 1. The number of nitrogens with zero attached hydrogens (tertiary/aromatic N) is 1. The Morgan fingerprint density at radius 2 is 1.77 bits per heavy atom. The molecular weight excluding hydrogens is 350 g/mol. The summed E-state index contributed by atoms with van der Waals surface area (Å²) in [6, 6.07) is 18.3. The van der Waals surface area contributed by atoms with Crippen LogP contribution in [0.3, 0.4) is 0 Å². The van der Waals surface area contributed by atoms with Gasteiger partial charge in [0.25, 0.3) is 5.91 Å². The van der Waals surface area contributed by atoms with Gasteiger partial charge in [-0.15, -0.1) is 0 Å². The number of para-hydroxylation sites is 1. The molecule has 0 unspecified atom stereocenters. The molecule has 0 saturated heterocycles. The van der Waals surface area contributed by atoms with Crippen LogP contribution in [0.5, 0.6) is 5.75 Å². The van der Waals surface area contributed by atoms with E-state index >= 15 is 0 Å². The van der Waals surface area contributed by atoms with Gasteiger partial charge in [-0.2, -0.15) is 5.10 Å². The highest BCUT2D eigenvalue weighted by atomic mass is 35.5. The largest absolute Gasteiger partial charge is 0.507 e. The Morgan fingerprint density at radius 1 is 1.08 bits per heavy atom. The van der Waals surface area contributed by atoms with E-state index in [1.165, 1.54) is 6.21 Å². The second-order valence-corrected chi connectivity index (χ2v) is 6.19. The SMILES string of the molecule is O=C(NN=Cc1[nH]c2ccccc2c1Cl)c1cc2ccccc2cc1O. The van der Waals surface area contributed by atoms with Crippen molar-refractivity contribution in [2.45, 2.75) is 0 Å². The first kappa shape index (κ1) is 16.2. The van der Waals surface area contributed by atoms with E-state index < -0.39 is 5.91 Å². The lowest BCUT2D eigenvalue weighted by Crippen LogP contribution is -2.17. The average molecular weight is 364 g/mol. The van der Waals surface area contributed by atoms with Crippen molar-refractivity contribution in [2.24, 2.45) is 5.10 Å². The first-order chi connectivity index (χ1) is 12.6. The maximum absolute atomic E-state index is 12.3. The standard InChI is InChI=1S/C20H14ClN3O2/c21-19-14-7-3-4-8-16(14)23-17(19)11-22-24-20(26)15-9-12-5-1-2-6-13(12)10-18(15)25/h1-11,23,25H,(H,24,26). The van der Waals surface area contributed by atoms with E-state index in [4.69, 9.17) is 11.6 Å². The highest BCUT2D eigenvalue weighted by Gasteiger charge is 2.12. The fraction of sp³-hybridized carbons (Fsp3) is 0. The van der Waals surface area contributed by atoms with Crippen LogP contribution < -0.4 is 5.43 Å². The Kier molecular flexibility index (Phi) is 4.07. The minimum atomic E-state index is -0.503. The predicted molar refractivity (Wildman–Crippen MR) is 104 cm³/mol. The monoisotopic (exact) mass is 363 g/mol. The van der Waals surface area contributed by atoms with Crippen LogP contribution in [0.4, 0.5) is 0 Å². The second-order valence-electron chi connectivity index (χ2n) is 5.81. The summed E-state index contributed by atoms with van der Waals surface area (Å²) >= 11 is 6.30. The molecule has 0 radical (unpaired) electrons. The normalized spacial score (nSPS) is 11.4. The molecule has 1 amide bonds. The van der Waals surface area contributed by atoms with Crippen molar-refractivity contribution in [3.05, 3.63) is 76.9 Å². The van der Waals surface area contributed by atoms with E-state index in [2.05, 4.69) is 15.5 Å². The first-order valence-corrected chi connectivity index (χ1v) is 8.32. The molecule has 26 heavy (non-hydrogen) atoms. The fourth-order valence-electron chi connectivity index (χ4n) is 2.84. The number of amides is 1. The molecule has 0 aliphatic rings. The minimum Gasteiger partial charge on any atom is -0.507 e. The van der Waals surface area contributed by atoms with Crippen molar-refractivity contribution < 1.29 is 9.90 Å². The van der Waals surface area contributed by atoms with Crippen molar-refractivity contribution >= 4 is 45.4 Å². The minimum absolute atomic E-state index is 0.0972. The number of halogens is 1. The van der Waals surface area contributed by atoms with Crippen LogP contribution in [0.1, 0.15) is 16.1 Å². The van der Waals surface area contributed by atoms with Crippen molar-refractivity contribution in [3.63, 3.8) is 0 Å². The smallest absolute Gasteiger partial charge is 0.275 e. The number of carbonyl (C=O) groups is 1. The third-order valence-corrected chi connectivity index (χ3v) is 4.54. The number of fused-ring (bicyclic) bond motifs is 2. The van der Waals surface area contributed by atoms with Gasteiger partial charge in [-0.1, -0.05) is 54.1 Å². The van der Waals surface area contributed by atoms with E-state index in [1.807, 2.05) is 48.5 Å². The summed E-state index contributed by atoms with van der Waals surface area (Å²) < 4.78 is 0. The molecule has 6 heteroatoms. The molecule has 3 N–H and O–H groups in total. The van der Waals surface area contributed by atoms with Gasteiger partial charge in [0.05, 0.1) is 22.5 Å². The molecule has 0 spiro atoms. The number of aromatic nitrogens is 1. The van der Waals surface area contributed by atoms with Crippen molar-refractivity contribution in [2.75, 3.05) is 0 Å². The molecule has 4 rings (SSSR count). The summed E-state index contributed by atoms with van der Waals surface area (Å²) in [6.45, 7) is 0. The molecule has 0 fully saturated rings. The third kappa shape index (κ3) is 2.89. The van der Waals surface area contributed by atoms with E-state index in [-0.39, 0.29) is 11.3 Å². The highest BCUT2D eigenvalue weighted by molar-refractivity contribution is 6.38. The van der Waals surface area contributed by atoms with Crippen LogP contribution in [-0.4, -0.2) is 22.2 Å². The molecule has 0 aliphatic heterocycles. The number of aromatic hydroxyl groups is 1. The summed E-state index contributed by atoms with van der Waals surface area (Å²) in [5.74, 6) is -0.600. The topological polar surface area (TPSA) is 77.5 Å². The summed E-state index contributed by atoms with van der Waals surface area (Å²) in [7, 11) is 0. The Balaban J connectivity index is 1.57. The zero-order valence-corrected chi connectivity index (χ0v) is 14.3. The summed E-state index contributed by atoms with van der Waals surface area (Å²) in [6.07, 6.45) is 1.44. The lowest BCUT2D eigenvalue weighted by Gasteiger charge is -2.05. The molecule has 0 aliphatic carbocycles. The second kappa shape index (κ2) is 6.54. The molecule has 1 aromatic heterocycles. The number of phenols is 1. The zero-order valence-electron chi connectivity index (χ0n) is 13.5. The lowest BCUT2D eigenvalue weighted by molar-refractivity contribution is 0.0952. The maximum Gasteiger partial charge on any atom is 0.275 e. The van der Waals surface area contributed by atoms with Crippen LogP contribution in [0.15, 0.2) is 65.8 Å². The molecule has 4 aromatic rings. The van der Waals surface area contributed by atoms with Crippen LogP contribution >= 0.6 is 11.6 Å². The molecule has 0 atom stereocenters. The van der Waals surface area contributed by atoms with Crippen LogP contribution in [-0.2, 0) is 0 Å².